The molecule has 0 N–H and O–H groups in total. The Morgan fingerprint density at radius 3 is 2.47 bits per heavy atom. The van der Waals surface area contributed by atoms with Crippen LogP contribution in [-0.2, 0) is 9.53 Å². The van der Waals surface area contributed by atoms with Gasteiger partial charge >= 0.3 is 11.9 Å². The van der Waals surface area contributed by atoms with Gasteiger partial charge in [-0.3, -0.25) is 0 Å². The molecule has 3 aromatic carbocycles. The predicted molar refractivity (Wildman–Crippen MR) is 118 cm³/mol. The highest BCUT2D eigenvalue weighted by molar-refractivity contribution is 9.10. The van der Waals surface area contributed by atoms with Crippen molar-refractivity contribution in [3.8, 4) is 5.75 Å². The fourth-order valence-electron chi connectivity index (χ4n) is 2.70. The van der Waals surface area contributed by atoms with E-state index in [-0.39, 0.29) is 11.6 Å². The first-order valence-corrected chi connectivity index (χ1v) is 10.0. The Balaban J connectivity index is 1.48. The van der Waals surface area contributed by atoms with Crippen LogP contribution >= 0.6 is 27.5 Å². The number of carbonyl (C=O) groups excluding carboxylic acids is 2. The summed E-state index contributed by atoms with van der Waals surface area (Å²) in [5.74, 6) is -0.380. The van der Waals surface area contributed by atoms with Gasteiger partial charge in [-0.2, -0.15) is 0 Å². The van der Waals surface area contributed by atoms with Crippen molar-refractivity contribution in [1.29, 1.82) is 0 Å². The van der Waals surface area contributed by atoms with Crippen molar-refractivity contribution in [2.24, 2.45) is 4.99 Å². The molecule has 0 aliphatic carbocycles. The Kier molecular flexibility index (Phi) is 5.79. The second-order valence-corrected chi connectivity index (χ2v) is 7.66. The van der Waals surface area contributed by atoms with E-state index in [1.165, 1.54) is 0 Å². The molecule has 0 bridgehead atoms. The number of ether oxygens (including phenoxy) is 2. The summed E-state index contributed by atoms with van der Waals surface area (Å²) in [6.45, 7) is 0. The minimum atomic E-state index is -0.525. The van der Waals surface area contributed by atoms with Crippen LogP contribution in [0.1, 0.15) is 21.5 Å². The highest BCUT2D eigenvalue weighted by Crippen LogP contribution is 2.22. The monoisotopic (exact) mass is 481 g/mol. The van der Waals surface area contributed by atoms with E-state index in [4.69, 9.17) is 21.1 Å². The Morgan fingerprint density at radius 1 is 1.03 bits per heavy atom. The van der Waals surface area contributed by atoms with E-state index in [1.54, 1.807) is 54.6 Å². The Hall–Kier alpha value is -3.22. The summed E-state index contributed by atoms with van der Waals surface area (Å²) in [5.41, 5.74) is 2.00. The molecular weight excluding hydrogens is 470 g/mol. The predicted octanol–water partition coefficient (Wildman–Crippen LogP) is 5.67. The molecule has 0 amide bonds. The molecule has 5 nitrogen and oxygen atoms in total. The van der Waals surface area contributed by atoms with Gasteiger partial charge in [0.05, 0.1) is 5.56 Å². The number of nitrogens with zero attached hydrogens (tertiary/aromatic N) is 1. The molecule has 0 aromatic heterocycles. The van der Waals surface area contributed by atoms with Gasteiger partial charge in [0.15, 0.2) is 5.70 Å². The third-order valence-electron chi connectivity index (χ3n) is 4.17. The van der Waals surface area contributed by atoms with Gasteiger partial charge in [-0.1, -0.05) is 45.7 Å². The van der Waals surface area contributed by atoms with Crippen molar-refractivity contribution in [2.45, 2.75) is 0 Å². The summed E-state index contributed by atoms with van der Waals surface area (Å²) in [7, 11) is 0. The quantitative estimate of drug-likeness (QED) is 0.273. The zero-order valence-electron chi connectivity index (χ0n) is 15.3. The Bertz CT molecular complexity index is 1180. The lowest BCUT2D eigenvalue weighted by Crippen LogP contribution is -2.08. The standard InChI is InChI=1S/C23H13BrClNO4/c24-17-3-1-2-16(13-17)21-26-20(23(28)30-21)12-14-4-10-19(11-5-14)29-22(27)15-6-8-18(25)9-7-15/h1-13H/b20-12-. The molecule has 1 aliphatic heterocycles. The summed E-state index contributed by atoms with van der Waals surface area (Å²) in [6.07, 6.45) is 1.61. The van der Waals surface area contributed by atoms with E-state index < -0.39 is 11.9 Å². The first kappa shape index (κ1) is 20.1. The fraction of sp³-hybridized carbons (Fsp3) is 0. The third kappa shape index (κ3) is 4.67. The largest absolute Gasteiger partial charge is 0.423 e. The van der Waals surface area contributed by atoms with Crippen molar-refractivity contribution in [1.82, 2.24) is 0 Å². The van der Waals surface area contributed by atoms with Gasteiger partial charge in [0.25, 0.3) is 0 Å². The van der Waals surface area contributed by atoms with Gasteiger partial charge in [0, 0.05) is 15.1 Å². The number of cyclic esters (lactones) is 1. The molecule has 0 atom stereocenters. The molecule has 0 radical (unpaired) electrons. The lowest BCUT2D eigenvalue weighted by Gasteiger charge is -2.05. The van der Waals surface area contributed by atoms with Gasteiger partial charge in [-0.15, -0.1) is 0 Å². The number of benzene rings is 3. The Morgan fingerprint density at radius 2 is 1.77 bits per heavy atom. The topological polar surface area (TPSA) is 65.0 Å². The van der Waals surface area contributed by atoms with Crippen molar-refractivity contribution >= 4 is 51.4 Å². The van der Waals surface area contributed by atoms with Crippen LogP contribution in [0.4, 0.5) is 0 Å². The van der Waals surface area contributed by atoms with Crippen molar-refractivity contribution < 1.29 is 19.1 Å². The molecule has 1 heterocycles. The number of halogens is 2. The van der Waals surface area contributed by atoms with Crippen LogP contribution in [-0.4, -0.2) is 17.8 Å². The zero-order valence-corrected chi connectivity index (χ0v) is 17.7. The van der Waals surface area contributed by atoms with E-state index in [0.29, 0.717) is 27.5 Å². The lowest BCUT2D eigenvalue weighted by molar-refractivity contribution is -0.129. The minimum Gasteiger partial charge on any atom is -0.423 e. The van der Waals surface area contributed by atoms with E-state index in [0.717, 1.165) is 4.47 Å². The van der Waals surface area contributed by atoms with Crippen LogP contribution < -0.4 is 4.74 Å². The molecule has 30 heavy (non-hydrogen) atoms. The molecule has 3 aromatic rings. The van der Waals surface area contributed by atoms with Crippen LogP contribution in [0.5, 0.6) is 5.75 Å². The van der Waals surface area contributed by atoms with E-state index in [1.807, 2.05) is 24.3 Å². The number of aliphatic imine (C=N–C) groups is 1. The van der Waals surface area contributed by atoms with Crippen LogP contribution in [0.2, 0.25) is 5.02 Å². The van der Waals surface area contributed by atoms with Crippen molar-refractivity contribution in [3.05, 3.63) is 105 Å². The highest BCUT2D eigenvalue weighted by Gasteiger charge is 2.24. The second-order valence-electron chi connectivity index (χ2n) is 6.31. The average Bonchev–Trinajstić information content (AvgIpc) is 3.10. The summed E-state index contributed by atoms with van der Waals surface area (Å²) in [4.78, 5) is 28.6. The van der Waals surface area contributed by atoms with Gasteiger partial charge in [0.2, 0.25) is 5.90 Å². The SMILES string of the molecule is O=C1OC(c2cccc(Br)c2)=N/C1=C\c1ccc(OC(=O)c2ccc(Cl)cc2)cc1. The molecule has 0 saturated carbocycles. The molecule has 0 saturated heterocycles. The summed E-state index contributed by atoms with van der Waals surface area (Å²) in [5, 5.41) is 0.542. The zero-order chi connectivity index (χ0) is 21.1. The molecule has 7 heteroatoms. The molecular formula is C23H13BrClNO4. The maximum absolute atomic E-state index is 12.2. The van der Waals surface area contributed by atoms with Crippen molar-refractivity contribution in [2.75, 3.05) is 0 Å². The van der Waals surface area contributed by atoms with Crippen LogP contribution in [0.3, 0.4) is 0 Å². The van der Waals surface area contributed by atoms with Crippen LogP contribution in [0, 0.1) is 0 Å². The average molecular weight is 483 g/mol. The fourth-order valence-corrected chi connectivity index (χ4v) is 3.22. The lowest BCUT2D eigenvalue weighted by atomic mass is 10.2. The van der Waals surface area contributed by atoms with Gasteiger partial charge in [0.1, 0.15) is 5.75 Å². The first-order chi connectivity index (χ1) is 14.5. The number of carbonyl (C=O) groups is 2. The van der Waals surface area contributed by atoms with Crippen LogP contribution in [0.15, 0.2) is 88.0 Å². The van der Waals surface area contributed by atoms with Gasteiger partial charge < -0.3 is 9.47 Å². The first-order valence-electron chi connectivity index (χ1n) is 8.84. The molecule has 148 valence electrons. The number of rotatable bonds is 4. The maximum Gasteiger partial charge on any atom is 0.363 e. The summed E-state index contributed by atoms with van der Waals surface area (Å²) in [6, 6.07) is 20.5. The molecule has 0 unspecified atom stereocenters. The summed E-state index contributed by atoms with van der Waals surface area (Å²) >= 11 is 9.21. The van der Waals surface area contributed by atoms with Crippen molar-refractivity contribution in [3.63, 3.8) is 0 Å². The summed E-state index contributed by atoms with van der Waals surface area (Å²) < 4.78 is 11.5. The normalized spacial score (nSPS) is 14.4. The number of hydrogen-bond donors (Lipinski definition) is 0. The highest BCUT2D eigenvalue weighted by atomic mass is 79.9. The number of hydrogen-bond acceptors (Lipinski definition) is 5. The van der Waals surface area contributed by atoms with E-state index in [2.05, 4.69) is 20.9 Å². The number of esters is 2. The molecule has 0 fully saturated rings. The van der Waals surface area contributed by atoms with Gasteiger partial charge in [-0.25, -0.2) is 14.6 Å². The molecule has 0 spiro atoms. The minimum absolute atomic E-state index is 0.191. The maximum atomic E-state index is 12.2. The van der Waals surface area contributed by atoms with E-state index in [9.17, 15) is 9.59 Å². The van der Waals surface area contributed by atoms with Crippen LogP contribution in [0.25, 0.3) is 6.08 Å². The smallest absolute Gasteiger partial charge is 0.363 e. The van der Waals surface area contributed by atoms with Gasteiger partial charge in [-0.05, 0) is 66.2 Å². The third-order valence-corrected chi connectivity index (χ3v) is 4.91. The molecule has 4 rings (SSSR count). The second kappa shape index (κ2) is 8.65. The Labute approximate surface area is 185 Å². The van der Waals surface area contributed by atoms with E-state index >= 15 is 0 Å². The molecule has 1 aliphatic rings.